The molecule has 2 aromatic rings. The Morgan fingerprint density at radius 1 is 1.32 bits per heavy atom. The minimum atomic E-state index is -0.0236. The number of rotatable bonds is 4. The second kappa shape index (κ2) is 6.94. The molecule has 5 rings (SSSR count). The molecule has 3 aliphatic rings. The molecule has 5 nitrogen and oxygen atoms in total. The van der Waals surface area contributed by atoms with E-state index in [-0.39, 0.29) is 11.9 Å². The molecule has 0 aromatic carbocycles. The molecular weight excluding hydrogens is 358 g/mol. The predicted octanol–water partition coefficient (Wildman–Crippen LogP) is 3.80. The van der Waals surface area contributed by atoms with Gasteiger partial charge in [0.25, 0.3) is 5.91 Å². The number of carbonyl (C=O) groups is 1. The molecule has 3 aliphatic heterocycles. The van der Waals surface area contributed by atoms with Crippen molar-refractivity contribution in [2.45, 2.75) is 31.8 Å². The lowest BCUT2D eigenvalue weighted by molar-refractivity contribution is 0.0218. The van der Waals surface area contributed by atoms with Crippen LogP contribution in [0.25, 0.3) is 0 Å². The van der Waals surface area contributed by atoms with E-state index in [2.05, 4.69) is 22.1 Å². The summed E-state index contributed by atoms with van der Waals surface area (Å²) in [6.07, 6.45) is 2.35. The Hall–Kier alpha value is -1.63. The SMILES string of the molecule is C[C@H]1[C@H](NC(=O)c2ccc(Oc3cccc(Cl)n3)s2)C2CCN1CC2. The first-order valence-electron chi connectivity index (χ1n) is 8.55. The minimum absolute atomic E-state index is 0.0236. The van der Waals surface area contributed by atoms with Gasteiger partial charge >= 0.3 is 0 Å². The highest BCUT2D eigenvalue weighted by molar-refractivity contribution is 7.15. The van der Waals surface area contributed by atoms with E-state index in [1.165, 1.54) is 24.2 Å². The maximum atomic E-state index is 12.6. The molecule has 0 radical (unpaired) electrons. The molecule has 1 amide bonds. The molecule has 5 heterocycles. The molecule has 0 aliphatic carbocycles. The Morgan fingerprint density at radius 2 is 2.12 bits per heavy atom. The maximum absolute atomic E-state index is 12.6. The topological polar surface area (TPSA) is 54.5 Å². The fourth-order valence-corrected chi connectivity index (χ4v) is 4.74. The van der Waals surface area contributed by atoms with E-state index in [0.29, 0.717) is 32.9 Å². The van der Waals surface area contributed by atoms with E-state index in [4.69, 9.17) is 16.3 Å². The average molecular weight is 378 g/mol. The molecule has 0 spiro atoms. The van der Waals surface area contributed by atoms with E-state index in [9.17, 15) is 4.79 Å². The van der Waals surface area contributed by atoms with Crippen LogP contribution in [0, 0.1) is 5.92 Å². The highest BCUT2D eigenvalue weighted by Crippen LogP contribution is 2.33. The van der Waals surface area contributed by atoms with Gasteiger partial charge in [-0.2, -0.15) is 0 Å². The maximum Gasteiger partial charge on any atom is 0.261 e. The minimum Gasteiger partial charge on any atom is -0.428 e. The summed E-state index contributed by atoms with van der Waals surface area (Å²) < 4.78 is 5.69. The Morgan fingerprint density at radius 3 is 2.84 bits per heavy atom. The van der Waals surface area contributed by atoms with Crippen molar-refractivity contribution in [2.24, 2.45) is 5.92 Å². The molecule has 2 atom stereocenters. The van der Waals surface area contributed by atoms with Crippen LogP contribution >= 0.6 is 22.9 Å². The number of hydrogen-bond donors (Lipinski definition) is 1. The quantitative estimate of drug-likeness (QED) is 0.823. The monoisotopic (exact) mass is 377 g/mol. The van der Waals surface area contributed by atoms with Gasteiger partial charge in [-0.25, -0.2) is 4.98 Å². The Bertz CT molecular complexity index is 771. The van der Waals surface area contributed by atoms with E-state index in [1.54, 1.807) is 30.3 Å². The van der Waals surface area contributed by atoms with Crippen molar-refractivity contribution in [1.82, 2.24) is 15.2 Å². The molecule has 1 N–H and O–H groups in total. The van der Waals surface area contributed by atoms with Crippen LogP contribution in [0.2, 0.25) is 5.15 Å². The number of carbonyl (C=O) groups excluding carboxylic acids is 1. The van der Waals surface area contributed by atoms with Crippen LogP contribution in [0.15, 0.2) is 30.3 Å². The van der Waals surface area contributed by atoms with Crippen LogP contribution in [0.3, 0.4) is 0 Å². The third kappa shape index (κ3) is 3.52. The zero-order valence-electron chi connectivity index (χ0n) is 13.9. The zero-order chi connectivity index (χ0) is 17.4. The Balaban J connectivity index is 1.42. The van der Waals surface area contributed by atoms with Crippen molar-refractivity contribution < 1.29 is 9.53 Å². The number of nitrogens with zero attached hydrogens (tertiary/aromatic N) is 2. The molecule has 3 saturated heterocycles. The molecule has 132 valence electrons. The zero-order valence-corrected chi connectivity index (χ0v) is 15.5. The molecule has 3 fully saturated rings. The number of hydrogen-bond acceptors (Lipinski definition) is 5. The van der Waals surface area contributed by atoms with Gasteiger partial charge in [-0.1, -0.05) is 29.0 Å². The molecule has 7 heteroatoms. The van der Waals surface area contributed by atoms with Gasteiger partial charge in [0.2, 0.25) is 5.88 Å². The molecule has 2 aromatic heterocycles. The highest BCUT2D eigenvalue weighted by Gasteiger charge is 2.40. The van der Waals surface area contributed by atoms with Gasteiger partial charge in [-0.15, -0.1) is 0 Å². The van der Waals surface area contributed by atoms with E-state index in [1.807, 2.05) is 0 Å². The number of amides is 1. The summed E-state index contributed by atoms with van der Waals surface area (Å²) >= 11 is 7.18. The third-order valence-electron chi connectivity index (χ3n) is 5.18. The fraction of sp³-hybridized carbons (Fsp3) is 0.444. The summed E-state index contributed by atoms with van der Waals surface area (Å²) in [5.41, 5.74) is 0. The van der Waals surface area contributed by atoms with Crippen molar-refractivity contribution in [3.63, 3.8) is 0 Å². The van der Waals surface area contributed by atoms with Crippen LogP contribution in [0.5, 0.6) is 10.9 Å². The number of ether oxygens (including phenoxy) is 1. The average Bonchev–Trinajstić information content (AvgIpc) is 3.07. The van der Waals surface area contributed by atoms with Crippen LogP contribution in [0.4, 0.5) is 0 Å². The number of pyridine rings is 1. The lowest BCUT2D eigenvalue weighted by atomic mass is 9.79. The van der Waals surface area contributed by atoms with Crippen molar-refractivity contribution >= 4 is 28.8 Å². The van der Waals surface area contributed by atoms with Crippen LogP contribution in [0.1, 0.15) is 29.4 Å². The van der Waals surface area contributed by atoms with Crippen molar-refractivity contribution in [2.75, 3.05) is 13.1 Å². The summed E-state index contributed by atoms with van der Waals surface area (Å²) in [6.45, 7) is 4.52. The fourth-order valence-electron chi connectivity index (χ4n) is 3.81. The summed E-state index contributed by atoms with van der Waals surface area (Å²) in [7, 11) is 0. The number of nitrogens with one attached hydrogen (secondary N) is 1. The summed E-state index contributed by atoms with van der Waals surface area (Å²) in [4.78, 5) is 19.9. The van der Waals surface area contributed by atoms with Gasteiger partial charge in [0, 0.05) is 18.2 Å². The highest BCUT2D eigenvalue weighted by atomic mass is 35.5. The van der Waals surface area contributed by atoms with Crippen molar-refractivity contribution in [3.8, 4) is 10.9 Å². The van der Waals surface area contributed by atoms with Crippen LogP contribution in [-0.2, 0) is 0 Å². The molecule has 0 saturated carbocycles. The number of aromatic nitrogens is 1. The smallest absolute Gasteiger partial charge is 0.261 e. The predicted molar refractivity (Wildman–Crippen MR) is 98.7 cm³/mol. The Labute approximate surface area is 156 Å². The van der Waals surface area contributed by atoms with Gasteiger partial charge in [-0.3, -0.25) is 9.69 Å². The van der Waals surface area contributed by atoms with Crippen LogP contribution < -0.4 is 10.1 Å². The second-order valence-corrected chi connectivity index (χ2v) is 8.07. The van der Waals surface area contributed by atoms with E-state index >= 15 is 0 Å². The molecule has 0 unspecified atom stereocenters. The lowest BCUT2D eigenvalue weighted by Crippen LogP contribution is -2.62. The van der Waals surface area contributed by atoms with Gasteiger partial charge in [0.15, 0.2) is 5.06 Å². The standard InChI is InChI=1S/C18H20ClN3O2S/c1-11-17(12-7-9-22(11)10-8-12)21-18(23)13-5-6-16(25-13)24-15-4-2-3-14(19)20-15/h2-6,11-12,17H,7-10H2,1H3,(H,21,23)/t11-,17-/m0/s1. The number of piperidine rings is 3. The number of thiophene rings is 1. The Kier molecular flexibility index (Phi) is 4.67. The van der Waals surface area contributed by atoms with Gasteiger partial charge < -0.3 is 10.1 Å². The molecule has 25 heavy (non-hydrogen) atoms. The van der Waals surface area contributed by atoms with Gasteiger partial charge in [-0.05, 0) is 57.0 Å². The van der Waals surface area contributed by atoms with Crippen molar-refractivity contribution in [1.29, 1.82) is 0 Å². The summed E-state index contributed by atoms with van der Waals surface area (Å²) in [6, 6.07) is 9.44. The normalized spacial score (nSPS) is 27.9. The second-order valence-electron chi connectivity index (χ2n) is 6.63. The molecule has 2 bridgehead atoms. The van der Waals surface area contributed by atoms with Gasteiger partial charge in [0.05, 0.1) is 4.88 Å². The van der Waals surface area contributed by atoms with E-state index in [0.717, 1.165) is 13.1 Å². The first kappa shape index (κ1) is 16.8. The van der Waals surface area contributed by atoms with Crippen molar-refractivity contribution in [3.05, 3.63) is 40.4 Å². The number of fused-ring (bicyclic) bond motifs is 3. The third-order valence-corrected chi connectivity index (χ3v) is 6.35. The van der Waals surface area contributed by atoms with Crippen LogP contribution in [-0.4, -0.2) is 41.0 Å². The summed E-state index contributed by atoms with van der Waals surface area (Å²) in [5, 5.41) is 4.25. The largest absolute Gasteiger partial charge is 0.428 e. The first-order valence-corrected chi connectivity index (χ1v) is 9.75. The first-order chi connectivity index (χ1) is 12.1. The molecular formula is C18H20ClN3O2S. The van der Waals surface area contributed by atoms with E-state index < -0.39 is 0 Å². The number of halogens is 1. The lowest BCUT2D eigenvalue weighted by Gasteiger charge is -2.49. The van der Waals surface area contributed by atoms with Gasteiger partial charge in [0.1, 0.15) is 5.15 Å². The summed E-state index contributed by atoms with van der Waals surface area (Å²) in [5.74, 6) is 0.993.